The molecule has 0 bridgehead atoms. The first-order valence-electron chi connectivity index (χ1n) is 11.9. The summed E-state index contributed by atoms with van der Waals surface area (Å²) in [5.74, 6) is -0.230. The highest BCUT2D eigenvalue weighted by atomic mass is 16.5. The maximum atomic E-state index is 13.3. The molecule has 0 radical (unpaired) electrons. The minimum atomic E-state index is -1.09. The van der Waals surface area contributed by atoms with Crippen molar-refractivity contribution in [2.24, 2.45) is 0 Å². The van der Waals surface area contributed by atoms with Crippen LogP contribution in [-0.2, 0) is 17.9 Å². The maximum absolute atomic E-state index is 13.3. The van der Waals surface area contributed by atoms with Crippen molar-refractivity contribution >= 4 is 17.7 Å². The van der Waals surface area contributed by atoms with Crippen LogP contribution in [0.3, 0.4) is 0 Å². The van der Waals surface area contributed by atoms with Crippen LogP contribution >= 0.6 is 0 Å². The van der Waals surface area contributed by atoms with E-state index >= 15 is 0 Å². The number of carbonyl (C=O) groups excluding carboxylic acids is 3. The van der Waals surface area contributed by atoms with Gasteiger partial charge in [-0.2, -0.15) is 5.10 Å². The minimum absolute atomic E-state index is 0.130. The van der Waals surface area contributed by atoms with Crippen LogP contribution in [0.25, 0.3) is 0 Å². The summed E-state index contributed by atoms with van der Waals surface area (Å²) in [6.45, 7) is 2.20. The fourth-order valence-electron chi connectivity index (χ4n) is 4.72. The van der Waals surface area contributed by atoms with E-state index in [1.54, 1.807) is 21.1 Å². The molecule has 0 spiro atoms. The quantitative estimate of drug-likeness (QED) is 0.635. The Bertz CT molecular complexity index is 1070. The second kappa shape index (κ2) is 9.87. The zero-order valence-corrected chi connectivity index (χ0v) is 20.1. The number of carbonyl (C=O) groups is 3. The zero-order chi connectivity index (χ0) is 24.3. The molecular formula is C25H33N5O4. The van der Waals surface area contributed by atoms with Gasteiger partial charge in [-0.3, -0.25) is 19.1 Å². The van der Waals surface area contributed by atoms with Crippen LogP contribution in [0.2, 0.25) is 0 Å². The van der Waals surface area contributed by atoms with Gasteiger partial charge in [0.2, 0.25) is 5.91 Å². The molecule has 182 valence electrons. The third kappa shape index (κ3) is 4.64. The van der Waals surface area contributed by atoms with Crippen molar-refractivity contribution in [3.05, 3.63) is 47.3 Å². The molecule has 2 heterocycles. The Balaban J connectivity index is 1.48. The minimum Gasteiger partial charge on any atom is -0.496 e. The number of nitrogens with one attached hydrogen (secondary N) is 2. The van der Waals surface area contributed by atoms with E-state index in [0.29, 0.717) is 11.4 Å². The number of benzene rings is 1. The highest BCUT2D eigenvalue weighted by Gasteiger charge is 2.46. The topological polar surface area (TPSA) is 106 Å². The molecule has 3 amide bonds. The first-order valence-corrected chi connectivity index (χ1v) is 11.9. The highest BCUT2D eigenvalue weighted by molar-refractivity contribution is 6.01. The Hall–Kier alpha value is -3.36. The molecule has 0 unspecified atom stereocenters. The Morgan fingerprint density at radius 1 is 1.18 bits per heavy atom. The molecule has 0 saturated heterocycles. The van der Waals surface area contributed by atoms with Gasteiger partial charge in [-0.1, -0.05) is 43.9 Å². The van der Waals surface area contributed by atoms with Crippen molar-refractivity contribution in [2.45, 2.75) is 70.1 Å². The van der Waals surface area contributed by atoms with E-state index in [1.165, 1.54) is 28.5 Å². The number of nitrogens with zero attached hydrogens (tertiary/aromatic N) is 3. The summed E-state index contributed by atoms with van der Waals surface area (Å²) in [4.78, 5) is 40.7. The average molecular weight is 468 g/mol. The van der Waals surface area contributed by atoms with E-state index < -0.39 is 11.4 Å². The molecule has 1 aliphatic heterocycles. The van der Waals surface area contributed by atoms with Crippen molar-refractivity contribution in [3.8, 4) is 5.75 Å². The van der Waals surface area contributed by atoms with E-state index in [9.17, 15) is 14.4 Å². The van der Waals surface area contributed by atoms with Gasteiger partial charge < -0.3 is 20.3 Å². The molecule has 1 atom stereocenters. The second-order valence-corrected chi connectivity index (χ2v) is 9.37. The van der Waals surface area contributed by atoms with Crippen molar-refractivity contribution in [3.63, 3.8) is 0 Å². The highest BCUT2D eigenvalue weighted by Crippen LogP contribution is 2.27. The van der Waals surface area contributed by atoms with Crippen molar-refractivity contribution in [1.29, 1.82) is 0 Å². The lowest BCUT2D eigenvalue weighted by molar-refractivity contribution is -0.133. The first-order chi connectivity index (χ1) is 16.3. The van der Waals surface area contributed by atoms with E-state index in [0.717, 1.165) is 31.2 Å². The Morgan fingerprint density at radius 3 is 2.59 bits per heavy atom. The van der Waals surface area contributed by atoms with Crippen LogP contribution in [0, 0.1) is 0 Å². The van der Waals surface area contributed by atoms with Crippen molar-refractivity contribution in [2.75, 3.05) is 14.2 Å². The molecule has 34 heavy (non-hydrogen) atoms. The molecule has 1 aliphatic carbocycles. The van der Waals surface area contributed by atoms with Crippen LogP contribution in [0.4, 0.5) is 0 Å². The number of methoxy groups -OCH3 is 1. The Kier molecular flexibility index (Phi) is 6.90. The summed E-state index contributed by atoms with van der Waals surface area (Å²) < 4.78 is 6.80. The summed E-state index contributed by atoms with van der Waals surface area (Å²) in [5.41, 5.74) is 0.179. The van der Waals surface area contributed by atoms with Gasteiger partial charge >= 0.3 is 0 Å². The number of ether oxygens (including phenoxy) is 1. The zero-order valence-electron chi connectivity index (χ0n) is 20.1. The number of hydrogen-bond donors (Lipinski definition) is 2. The SMILES string of the molecule is COc1ccccc1CNC(=O)c1cc2n(n1)C[C@@](C)(C(=O)NC1CCCCCC1)N(C)C2=O. The number of hydrogen-bond acceptors (Lipinski definition) is 5. The second-order valence-electron chi connectivity index (χ2n) is 9.37. The molecule has 2 aromatic rings. The maximum Gasteiger partial charge on any atom is 0.272 e. The lowest BCUT2D eigenvalue weighted by Gasteiger charge is -2.41. The van der Waals surface area contributed by atoms with Gasteiger partial charge in [-0.25, -0.2) is 0 Å². The number of fused-ring (bicyclic) bond motifs is 1. The van der Waals surface area contributed by atoms with Gasteiger partial charge in [-0.05, 0) is 25.8 Å². The summed E-state index contributed by atoms with van der Waals surface area (Å²) in [7, 11) is 3.21. The van der Waals surface area contributed by atoms with Crippen molar-refractivity contribution < 1.29 is 19.1 Å². The van der Waals surface area contributed by atoms with Gasteiger partial charge in [0, 0.05) is 31.3 Å². The fourth-order valence-corrected chi connectivity index (χ4v) is 4.72. The predicted molar refractivity (Wildman–Crippen MR) is 127 cm³/mol. The van der Waals surface area contributed by atoms with Gasteiger partial charge in [0.15, 0.2) is 5.69 Å². The number of likely N-dealkylation sites (N-methyl/N-ethyl adjacent to an activating group) is 1. The van der Waals surface area contributed by atoms with Gasteiger partial charge in [0.1, 0.15) is 17.0 Å². The van der Waals surface area contributed by atoms with Crippen LogP contribution < -0.4 is 15.4 Å². The lowest BCUT2D eigenvalue weighted by Crippen LogP contribution is -2.63. The molecule has 2 aliphatic rings. The fraction of sp³-hybridized carbons (Fsp3) is 0.520. The summed E-state index contributed by atoms with van der Waals surface area (Å²) in [6, 6.07) is 9.04. The monoisotopic (exact) mass is 467 g/mol. The summed E-state index contributed by atoms with van der Waals surface area (Å²) >= 11 is 0. The van der Waals surface area contributed by atoms with Crippen LogP contribution in [-0.4, -0.2) is 58.1 Å². The molecule has 1 saturated carbocycles. The van der Waals surface area contributed by atoms with E-state index in [-0.39, 0.29) is 36.6 Å². The molecule has 1 fully saturated rings. The molecule has 9 nitrogen and oxygen atoms in total. The van der Waals surface area contributed by atoms with Gasteiger partial charge in [0.05, 0.1) is 13.7 Å². The van der Waals surface area contributed by atoms with Gasteiger partial charge in [-0.15, -0.1) is 0 Å². The van der Waals surface area contributed by atoms with Crippen LogP contribution in [0.15, 0.2) is 30.3 Å². The molecule has 1 aromatic heterocycles. The largest absolute Gasteiger partial charge is 0.496 e. The lowest BCUT2D eigenvalue weighted by atomic mass is 9.95. The van der Waals surface area contributed by atoms with Crippen LogP contribution in [0.1, 0.15) is 72.0 Å². The Labute approximate surface area is 199 Å². The average Bonchev–Trinajstić information content (AvgIpc) is 3.09. The van der Waals surface area contributed by atoms with E-state index in [1.807, 2.05) is 24.3 Å². The van der Waals surface area contributed by atoms with Crippen molar-refractivity contribution in [1.82, 2.24) is 25.3 Å². The number of rotatable bonds is 6. The molecule has 2 N–H and O–H groups in total. The number of para-hydroxylation sites is 1. The number of aromatic nitrogens is 2. The molecule has 1 aromatic carbocycles. The third-order valence-corrected chi connectivity index (χ3v) is 7.05. The molecular weight excluding hydrogens is 434 g/mol. The van der Waals surface area contributed by atoms with Crippen LogP contribution in [0.5, 0.6) is 5.75 Å². The first kappa shape index (κ1) is 23.8. The normalized spacial score (nSPS) is 20.9. The number of amides is 3. The van der Waals surface area contributed by atoms with E-state index in [2.05, 4.69) is 15.7 Å². The smallest absolute Gasteiger partial charge is 0.272 e. The predicted octanol–water partition coefficient (Wildman–Crippen LogP) is 2.50. The summed E-state index contributed by atoms with van der Waals surface area (Å²) in [5, 5.41) is 10.4. The van der Waals surface area contributed by atoms with E-state index in [4.69, 9.17) is 4.74 Å². The summed E-state index contributed by atoms with van der Waals surface area (Å²) in [6.07, 6.45) is 6.52. The standard InChI is InChI=1S/C25H33N5O4/c1-25(24(33)27-18-11-6-4-5-7-12-18)16-30-20(23(32)29(25)2)14-19(28-30)22(31)26-15-17-10-8-9-13-21(17)34-3/h8-10,13-14,18H,4-7,11-12,15-16H2,1-3H3,(H,26,31)(H,27,33)/t25-/m0/s1. The molecule has 4 rings (SSSR count). The van der Waals surface area contributed by atoms with Gasteiger partial charge in [0.25, 0.3) is 11.8 Å². The Morgan fingerprint density at radius 2 is 1.88 bits per heavy atom. The molecule has 9 heteroatoms. The third-order valence-electron chi connectivity index (χ3n) is 7.05.